The molecule has 3 heteroatoms. The van der Waals surface area contributed by atoms with E-state index >= 15 is 0 Å². The second kappa shape index (κ2) is 6.55. The highest BCUT2D eigenvalue weighted by molar-refractivity contribution is 5.38. The molecule has 20 heavy (non-hydrogen) atoms. The summed E-state index contributed by atoms with van der Waals surface area (Å²) in [6.07, 6.45) is 0.796. The van der Waals surface area contributed by atoms with Gasteiger partial charge in [0.25, 0.3) is 0 Å². The van der Waals surface area contributed by atoms with Gasteiger partial charge < -0.3 is 4.74 Å². The molecule has 3 nitrogen and oxygen atoms in total. The third-order valence-corrected chi connectivity index (χ3v) is 3.63. The third-order valence-electron chi connectivity index (χ3n) is 3.63. The maximum atomic E-state index is 5.77. The number of nitrogens with one attached hydrogen (secondary N) is 1. The fraction of sp³-hybridized carbons (Fsp3) is 0.294. The predicted molar refractivity (Wildman–Crippen MR) is 82.7 cm³/mol. The molecule has 2 aromatic rings. The maximum absolute atomic E-state index is 5.77. The summed E-state index contributed by atoms with van der Waals surface area (Å²) in [5.41, 5.74) is 7.80. The summed E-state index contributed by atoms with van der Waals surface area (Å²) in [5, 5.41) is 0. The molecule has 0 aliphatic carbocycles. The van der Waals surface area contributed by atoms with Crippen LogP contribution in [0.15, 0.2) is 42.5 Å². The second-order valence-electron chi connectivity index (χ2n) is 5.10. The molecule has 106 valence electrons. The molecular formula is C17H22N2O. The zero-order valence-electron chi connectivity index (χ0n) is 12.3. The van der Waals surface area contributed by atoms with Crippen molar-refractivity contribution in [3.63, 3.8) is 0 Å². The molecule has 1 unspecified atom stereocenters. The van der Waals surface area contributed by atoms with Gasteiger partial charge in [-0.3, -0.25) is 11.3 Å². The van der Waals surface area contributed by atoms with Crippen molar-refractivity contribution in [3.05, 3.63) is 64.7 Å². The molecule has 0 aliphatic rings. The van der Waals surface area contributed by atoms with Gasteiger partial charge in [0.05, 0.1) is 13.2 Å². The van der Waals surface area contributed by atoms with E-state index in [0.29, 0.717) is 0 Å². The molecule has 0 saturated carbocycles. The first-order valence-electron chi connectivity index (χ1n) is 6.81. The molecule has 0 radical (unpaired) electrons. The number of aryl methyl sites for hydroxylation is 2. The fourth-order valence-electron chi connectivity index (χ4n) is 2.49. The number of benzene rings is 2. The van der Waals surface area contributed by atoms with E-state index < -0.39 is 0 Å². The Balaban J connectivity index is 2.31. The predicted octanol–water partition coefficient (Wildman–Crippen LogP) is 3.06. The molecule has 0 fully saturated rings. The van der Waals surface area contributed by atoms with Crippen molar-refractivity contribution in [3.8, 4) is 5.75 Å². The normalized spacial score (nSPS) is 12.2. The molecule has 0 aliphatic heterocycles. The van der Waals surface area contributed by atoms with Gasteiger partial charge in [0, 0.05) is 0 Å². The minimum Gasteiger partial charge on any atom is -0.496 e. The Morgan fingerprint density at radius 2 is 1.90 bits per heavy atom. The average molecular weight is 270 g/mol. The van der Waals surface area contributed by atoms with Gasteiger partial charge in [-0.25, -0.2) is 0 Å². The lowest BCUT2D eigenvalue weighted by Crippen LogP contribution is -2.30. The lowest BCUT2D eigenvalue weighted by atomic mass is 9.94. The zero-order chi connectivity index (χ0) is 14.5. The van der Waals surface area contributed by atoms with E-state index in [2.05, 4.69) is 43.5 Å². The Morgan fingerprint density at radius 3 is 2.60 bits per heavy atom. The average Bonchev–Trinajstić information content (AvgIpc) is 2.48. The van der Waals surface area contributed by atoms with Crippen LogP contribution in [0.1, 0.15) is 28.3 Å². The Bertz CT molecular complexity index is 581. The highest BCUT2D eigenvalue weighted by atomic mass is 16.5. The van der Waals surface area contributed by atoms with Crippen molar-refractivity contribution in [2.24, 2.45) is 5.84 Å². The molecule has 2 rings (SSSR count). The summed E-state index contributed by atoms with van der Waals surface area (Å²) >= 11 is 0. The van der Waals surface area contributed by atoms with Crippen LogP contribution in [0.2, 0.25) is 0 Å². The van der Waals surface area contributed by atoms with Crippen molar-refractivity contribution < 1.29 is 4.74 Å². The van der Waals surface area contributed by atoms with Crippen LogP contribution >= 0.6 is 0 Å². The fourth-order valence-corrected chi connectivity index (χ4v) is 2.49. The summed E-state index contributed by atoms with van der Waals surface area (Å²) in [6.45, 7) is 4.21. The number of rotatable bonds is 5. The number of hydrazine groups is 1. The van der Waals surface area contributed by atoms with E-state index in [4.69, 9.17) is 10.6 Å². The first-order chi connectivity index (χ1) is 9.65. The maximum Gasteiger partial charge on any atom is 0.122 e. The smallest absolute Gasteiger partial charge is 0.122 e. The number of para-hydroxylation sites is 1. The second-order valence-corrected chi connectivity index (χ2v) is 5.10. The first-order valence-corrected chi connectivity index (χ1v) is 6.81. The van der Waals surface area contributed by atoms with Gasteiger partial charge in [-0.15, -0.1) is 0 Å². The van der Waals surface area contributed by atoms with E-state index in [1.54, 1.807) is 7.11 Å². The van der Waals surface area contributed by atoms with Crippen molar-refractivity contribution in [1.82, 2.24) is 5.43 Å². The summed E-state index contributed by atoms with van der Waals surface area (Å²) in [5.74, 6) is 6.67. The number of methoxy groups -OCH3 is 1. The van der Waals surface area contributed by atoms with Gasteiger partial charge in [-0.1, -0.05) is 42.0 Å². The van der Waals surface area contributed by atoms with Gasteiger partial charge in [0.1, 0.15) is 5.75 Å². The molecule has 0 aromatic heterocycles. The van der Waals surface area contributed by atoms with Crippen LogP contribution in [0.4, 0.5) is 0 Å². The standard InChI is InChI=1S/C17H22N2O/c1-12-8-9-13(2)15(10-12)16(19-18)11-14-6-4-5-7-17(14)20-3/h4-10,16,19H,11,18H2,1-3H3. The topological polar surface area (TPSA) is 47.3 Å². The van der Waals surface area contributed by atoms with Crippen LogP contribution in [-0.2, 0) is 6.42 Å². The minimum atomic E-state index is 0.0752. The lowest BCUT2D eigenvalue weighted by molar-refractivity contribution is 0.405. The van der Waals surface area contributed by atoms with Gasteiger partial charge in [0.15, 0.2) is 0 Å². The molecule has 0 saturated heterocycles. The third kappa shape index (κ3) is 3.18. The monoisotopic (exact) mass is 270 g/mol. The van der Waals surface area contributed by atoms with Crippen LogP contribution in [0.5, 0.6) is 5.75 Å². The van der Waals surface area contributed by atoms with Crippen molar-refractivity contribution >= 4 is 0 Å². The number of hydrogen-bond donors (Lipinski definition) is 2. The Labute approximate surface area is 120 Å². The van der Waals surface area contributed by atoms with Crippen molar-refractivity contribution in [1.29, 1.82) is 0 Å². The molecule has 0 heterocycles. The van der Waals surface area contributed by atoms with Crippen molar-refractivity contribution in [2.45, 2.75) is 26.3 Å². The summed E-state index contributed by atoms with van der Waals surface area (Å²) < 4.78 is 5.41. The number of hydrogen-bond acceptors (Lipinski definition) is 3. The first kappa shape index (κ1) is 14.6. The molecule has 1 atom stereocenters. The van der Waals surface area contributed by atoms with Gasteiger partial charge >= 0.3 is 0 Å². The Kier molecular flexibility index (Phi) is 4.77. The number of nitrogens with two attached hydrogens (primary N) is 1. The van der Waals surface area contributed by atoms with Crippen LogP contribution < -0.4 is 16.0 Å². The van der Waals surface area contributed by atoms with E-state index in [9.17, 15) is 0 Å². The van der Waals surface area contributed by atoms with E-state index in [-0.39, 0.29) is 6.04 Å². The summed E-state index contributed by atoms with van der Waals surface area (Å²) in [6, 6.07) is 14.6. The summed E-state index contributed by atoms with van der Waals surface area (Å²) in [4.78, 5) is 0. The molecule has 2 aromatic carbocycles. The SMILES string of the molecule is COc1ccccc1CC(NN)c1cc(C)ccc1C. The molecule has 0 bridgehead atoms. The highest BCUT2D eigenvalue weighted by Crippen LogP contribution is 2.26. The molecule has 0 amide bonds. The zero-order valence-corrected chi connectivity index (χ0v) is 12.3. The quantitative estimate of drug-likeness (QED) is 0.648. The Morgan fingerprint density at radius 1 is 1.15 bits per heavy atom. The van der Waals surface area contributed by atoms with E-state index in [0.717, 1.165) is 17.7 Å². The van der Waals surface area contributed by atoms with E-state index in [1.807, 2.05) is 18.2 Å². The molecule has 0 spiro atoms. The van der Waals surface area contributed by atoms with E-state index in [1.165, 1.54) is 16.7 Å². The summed E-state index contributed by atoms with van der Waals surface area (Å²) in [7, 11) is 1.70. The molecular weight excluding hydrogens is 248 g/mol. The highest BCUT2D eigenvalue weighted by Gasteiger charge is 2.15. The Hall–Kier alpha value is -1.84. The minimum absolute atomic E-state index is 0.0752. The van der Waals surface area contributed by atoms with Crippen molar-refractivity contribution in [2.75, 3.05) is 7.11 Å². The molecule has 3 N–H and O–H groups in total. The van der Waals surface area contributed by atoms with Gasteiger partial charge in [0.2, 0.25) is 0 Å². The van der Waals surface area contributed by atoms with Crippen LogP contribution in [0.25, 0.3) is 0 Å². The lowest BCUT2D eigenvalue weighted by Gasteiger charge is -2.20. The van der Waals surface area contributed by atoms with Crippen LogP contribution in [0, 0.1) is 13.8 Å². The van der Waals surface area contributed by atoms with Gasteiger partial charge in [-0.2, -0.15) is 0 Å². The van der Waals surface area contributed by atoms with Crippen LogP contribution in [-0.4, -0.2) is 7.11 Å². The van der Waals surface area contributed by atoms with Gasteiger partial charge in [-0.05, 0) is 43.0 Å². The largest absolute Gasteiger partial charge is 0.496 e. The number of ether oxygens (including phenoxy) is 1. The van der Waals surface area contributed by atoms with Crippen LogP contribution in [0.3, 0.4) is 0 Å².